The van der Waals surface area contributed by atoms with Crippen LogP contribution in [-0.2, 0) is 0 Å². The van der Waals surface area contributed by atoms with Crippen LogP contribution in [0.3, 0.4) is 0 Å². The number of aliphatic hydroxyl groups is 1. The Hall–Kier alpha value is -0.0800. The van der Waals surface area contributed by atoms with E-state index in [9.17, 15) is 5.11 Å². The zero-order chi connectivity index (χ0) is 11.5. The molecule has 90 valence electrons. The molecule has 1 aliphatic carbocycles. The topological polar surface area (TPSA) is 32.3 Å². The van der Waals surface area contributed by atoms with E-state index in [-0.39, 0.29) is 6.61 Å². The van der Waals surface area contributed by atoms with E-state index in [1.807, 2.05) is 0 Å². The van der Waals surface area contributed by atoms with Gasteiger partial charge in [0.05, 0.1) is 6.61 Å². The SMILES string of the molecule is CCC(CO)NC1CCC(C)(C)CC1C. The van der Waals surface area contributed by atoms with Gasteiger partial charge in [-0.05, 0) is 37.0 Å². The van der Waals surface area contributed by atoms with Crippen molar-refractivity contribution in [2.45, 2.75) is 65.5 Å². The summed E-state index contributed by atoms with van der Waals surface area (Å²) in [5.74, 6) is 0.731. The van der Waals surface area contributed by atoms with Crippen LogP contribution in [0.25, 0.3) is 0 Å². The van der Waals surface area contributed by atoms with Crippen LogP contribution in [0.4, 0.5) is 0 Å². The number of nitrogens with one attached hydrogen (secondary N) is 1. The van der Waals surface area contributed by atoms with Crippen molar-refractivity contribution >= 4 is 0 Å². The second-order valence-electron chi connectivity index (χ2n) is 5.95. The normalized spacial score (nSPS) is 32.6. The van der Waals surface area contributed by atoms with Crippen LogP contribution in [0, 0.1) is 11.3 Å². The van der Waals surface area contributed by atoms with Gasteiger partial charge in [-0.25, -0.2) is 0 Å². The molecule has 3 unspecified atom stereocenters. The van der Waals surface area contributed by atoms with E-state index < -0.39 is 0 Å². The monoisotopic (exact) mass is 213 g/mol. The maximum absolute atomic E-state index is 9.18. The zero-order valence-electron chi connectivity index (χ0n) is 10.7. The first kappa shape index (κ1) is 13.0. The van der Waals surface area contributed by atoms with Gasteiger partial charge in [-0.3, -0.25) is 0 Å². The standard InChI is InChI=1S/C13H27NO/c1-5-11(9-15)14-12-6-7-13(3,4)8-10(12)2/h10-12,14-15H,5-9H2,1-4H3. The summed E-state index contributed by atoms with van der Waals surface area (Å²) in [6, 6.07) is 0.897. The number of rotatable bonds is 4. The Labute approximate surface area is 94.5 Å². The summed E-state index contributed by atoms with van der Waals surface area (Å²) in [4.78, 5) is 0. The van der Waals surface area contributed by atoms with Gasteiger partial charge in [0.2, 0.25) is 0 Å². The molecule has 1 saturated carbocycles. The zero-order valence-corrected chi connectivity index (χ0v) is 10.7. The quantitative estimate of drug-likeness (QED) is 0.752. The number of hydrogen-bond acceptors (Lipinski definition) is 2. The van der Waals surface area contributed by atoms with Crippen molar-refractivity contribution in [3.63, 3.8) is 0 Å². The molecule has 1 aliphatic rings. The Balaban J connectivity index is 2.44. The fourth-order valence-electron chi connectivity index (χ4n) is 2.80. The third-order valence-electron chi connectivity index (χ3n) is 3.86. The number of hydrogen-bond donors (Lipinski definition) is 2. The molecule has 0 aliphatic heterocycles. The molecule has 0 spiro atoms. The molecule has 1 fully saturated rings. The molecule has 0 bridgehead atoms. The van der Waals surface area contributed by atoms with Crippen LogP contribution in [-0.4, -0.2) is 23.8 Å². The Bertz CT molecular complexity index is 187. The Kier molecular flexibility index (Phi) is 4.60. The lowest BCUT2D eigenvalue weighted by atomic mass is 9.70. The van der Waals surface area contributed by atoms with Gasteiger partial charge in [0, 0.05) is 12.1 Å². The lowest BCUT2D eigenvalue weighted by Crippen LogP contribution is -2.47. The average molecular weight is 213 g/mol. The van der Waals surface area contributed by atoms with Crippen LogP contribution < -0.4 is 5.32 Å². The minimum absolute atomic E-state index is 0.267. The molecule has 3 atom stereocenters. The van der Waals surface area contributed by atoms with Gasteiger partial charge < -0.3 is 10.4 Å². The maximum atomic E-state index is 9.18. The van der Waals surface area contributed by atoms with Crippen molar-refractivity contribution in [1.82, 2.24) is 5.32 Å². The highest BCUT2D eigenvalue weighted by atomic mass is 16.3. The highest BCUT2D eigenvalue weighted by Gasteiger charge is 2.32. The van der Waals surface area contributed by atoms with Crippen LogP contribution in [0.1, 0.15) is 53.4 Å². The minimum atomic E-state index is 0.267. The van der Waals surface area contributed by atoms with Gasteiger partial charge in [0.15, 0.2) is 0 Å². The predicted octanol–water partition coefficient (Wildman–Crippen LogP) is 2.56. The van der Waals surface area contributed by atoms with E-state index in [2.05, 4.69) is 33.0 Å². The largest absolute Gasteiger partial charge is 0.395 e. The molecule has 0 aromatic heterocycles. The molecule has 2 nitrogen and oxygen atoms in total. The van der Waals surface area contributed by atoms with Crippen LogP contribution in [0.5, 0.6) is 0 Å². The van der Waals surface area contributed by atoms with E-state index >= 15 is 0 Å². The van der Waals surface area contributed by atoms with Gasteiger partial charge in [-0.15, -0.1) is 0 Å². The van der Waals surface area contributed by atoms with Crippen molar-refractivity contribution in [1.29, 1.82) is 0 Å². The molecule has 0 aromatic rings. The fraction of sp³-hybridized carbons (Fsp3) is 1.00. The predicted molar refractivity (Wildman–Crippen MR) is 64.9 cm³/mol. The van der Waals surface area contributed by atoms with E-state index in [0.717, 1.165) is 12.3 Å². The van der Waals surface area contributed by atoms with E-state index in [1.54, 1.807) is 0 Å². The van der Waals surface area contributed by atoms with Gasteiger partial charge in [-0.1, -0.05) is 27.7 Å². The van der Waals surface area contributed by atoms with Crippen molar-refractivity contribution in [2.75, 3.05) is 6.61 Å². The molecule has 1 rings (SSSR count). The van der Waals surface area contributed by atoms with Crippen molar-refractivity contribution in [3.05, 3.63) is 0 Å². The van der Waals surface area contributed by atoms with Crippen LogP contribution in [0.15, 0.2) is 0 Å². The summed E-state index contributed by atoms with van der Waals surface area (Å²) in [6.45, 7) is 9.46. The third-order valence-corrected chi connectivity index (χ3v) is 3.86. The second-order valence-corrected chi connectivity index (χ2v) is 5.95. The lowest BCUT2D eigenvalue weighted by molar-refractivity contribution is 0.128. The molecular weight excluding hydrogens is 186 g/mol. The van der Waals surface area contributed by atoms with Crippen LogP contribution in [0.2, 0.25) is 0 Å². The van der Waals surface area contributed by atoms with Gasteiger partial charge in [-0.2, -0.15) is 0 Å². The Morgan fingerprint density at radius 1 is 1.47 bits per heavy atom. The van der Waals surface area contributed by atoms with E-state index in [4.69, 9.17) is 0 Å². The Morgan fingerprint density at radius 3 is 2.60 bits per heavy atom. The summed E-state index contributed by atoms with van der Waals surface area (Å²) in [5, 5.41) is 12.8. The van der Waals surface area contributed by atoms with Crippen molar-refractivity contribution in [2.24, 2.45) is 11.3 Å². The van der Waals surface area contributed by atoms with Crippen molar-refractivity contribution < 1.29 is 5.11 Å². The van der Waals surface area contributed by atoms with Crippen LogP contribution >= 0.6 is 0 Å². The molecular formula is C13H27NO. The Morgan fingerprint density at radius 2 is 2.13 bits per heavy atom. The molecule has 0 radical (unpaired) electrons. The highest BCUT2D eigenvalue weighted by Crippen LogP contribution is 2.38. The molecule has 0 heterocycles. The highest BCUT2D eigenvalue weighted by molar-refractivity contribution is 4.88. The van der Waals surface area contributed by atoms with Gasteiger partial charge in [0.1, 0.15) is 0 Å². The van der Waals surface area contributed by atoms with E-state index in [1.165, 1.54) is 19.3 Å². The maximum Gasteiger partial charge on any atom is 0.0584 e. The van der Waals surface area contributed by atoms with E-state index in [0.29, 0.717) is 17.5 Å². The van der Waals surface area contributed by atoms with Gasteiger partial charge in [0.25, 0.3) is 0 Å². The second kappa shape index (κ2) is 5.31. The summed E-state index contributed by atoms with van der Waals surface area (Å²) in [6.07, 6.45) is 4.87. The summed E-state index contributed by atoms with van der Waals surface area (Å²) >= 11 is 0. The fourth-order valence-corrected chi connectivity index (χ4v) is 2.80. The molecule has 15 heavy (non-hydrogen) atoms. The first-order valence-electron chi connectivity index (χ1n) is 6.35. The van der Waals surface area contributed by atoms with Crippen molar-refractivity contribution in [3.8, 4) is 0 Å². The number of aliphatic hydroxyl groups excluding tert-OH is 1. The first-order chi connectivity index (χ1) is 6.98. The minimum Gasteiger partial charge on any atom is -0.395 e. The molecule has 0 aromatic carbocycles. The summed E-state index contributed by atoms with van der Waals surface area (Å²) in [7, 11) is 0. The smallest absolute Gasteiger partial charge is 0.0584 e. The molecule has 0 saturated heterocycles. The summed E-state index contributed by atoms with van der Waals surface area (Å²) in [5.41, 5.74) is 0.512. The molecule has 2 N–H and O–H groups in total. The first-order valence-corrected chi connectivity index (χ1v) is 6.35. The van der Waals surface area contributed by atoms with Gasteiger partial charge >= 0.3 is 0 Å². The third kappa shape index (κ3) is 3.76. The summed E-state index contributed by atoms with van der Waals surface area (Å²) < 4.78 is 0. The molecule has 0 amide bonds. The lowest BCUT2D eigenvalue weighted by Gasteiger charge is -2.41. The molecule has 2 heteroatoms. The average Bonchev–Trinajstić information content (AvgIpc) is 2.16.